The van der Waals surface area contributed by atoms with Crippen LogP contribution in [0.2, 0.25) is 0 Å². The minimum atomic E-state index is 0.890. The average Bonchev–Trinajstić information content (AvgIpc) is 2.62. The van der Waals surface area contributed by atoms with Crippen LogP contribution in [0.1, 0.15) is 5.56 Å². The van der Waals surface area contributed by atoms with Gasteiger partial charge in [0.05, 0.1) is 0 Å². The molecule has 0 aliphatic rings. The second kappa shape index (κ2) is 4.64. The van der Waals surface area contributed by atoms with E-state index < -0.39 is 0 Å². The number of aromatic amines is 1. The van der Waals surface area contributed by atoms with E-state index >= 15 is 0 Å². The van der Waals surface area contributed by atoms with E-state index in [2.05, 4.69) is 50.5 Å². The number of rotatable bonds is 3. The fraction of sp³-hybridized carbons (Fsp3) is 0.167. The van der Waals surface area contributed by atoms with Crippen LogP contribution in [0.3, 0.4) is 0 Å². The predicted molar refractivity (Wildman–Crippen MR) is 69.0 cm³/mol. The molecule has 2 nitrogen and oxygen atoms in total. The van der Waals surface area contributed by atoms with Crippen LogP contribution in [0.25, 0.3) is 17.0 Å². The molecule has 0 aliphatic heterocycles. The van der Waals surface area contributed by atoms with Crippen LogP contribution in [0.4, 0.5) is 0 Å². The van der Waals surface area contributed by atoms with Crippen molar-refractivity contribution in [3.8, 4) is 0 Å². The third-order valence-electron chi connectivity index (χ3n) is 2.30. The van der Waals surface area contributed by atoms with Crippen LogP contribution in [0.15, 0.2) is 34.9 Å². The van der Waals surface area contributed by atoms with Crippen molar-refractivity contribution < 1.29 is 0 Å². The van der Waals surface area contributed by atoms with Crippen molar-refractivity contribution in [3.05, 3.63) is 40.5 Å². The summed E-state index contributed by atoms with van der Waals surface area (Å²) in [5.41, 5.74) is 2.39. The van der Waals surface area contributed by atoms with Crippen LogP contribution in [0, 0.1) is 0 Å². The molecule has 0 saturated heterocycles. The van der Waals surface area contributed by atoms with Crippen LogP contribution in [-0.2, 0) is 0 Å². The average molecular weight is 265 g/mol. The maximum absolute atomic E-state index is 3.48. The van der Waals surface area contributed by atoms with Gasteiger partial charge < -0.3 is 10.3 Å². The summed E-state index contributed by atoms with van der Waals surface area (Å²) in [7, 11) is 1.94. The molecule has 0 atom stereocenters. The molecule has 0 bridgehead atoms. The minimum absolute atomic E-state index is 0.890. The lowest BCUT2D eigenvalue weighted by atomic mass is 10.1. The number of fused-ring (bicyclic) bond motifs is 1. The number of benzene rings is 1. The maximum atomic E-state index is 3.48. The van der Waals surface area contributed by atoms with Gasteiger partial charge in [0.15, 0.2) is 0 Å². The van der Waals surface area contributed by atoms with E-state index in [0.29, 0.717) is 0 Å². The summed E-state index contributed by atoms with van der Waals surface area (Å²) in [6.45, 7) is 0.890. The van der Waals surface area contributed by atoms with Gasteiger partial charge in [0.1, 0.15) is 0 Å². The van der Waals surface area contributed by atoms with Crippen LogP contribution < -0.4 is 5.32 Å². The molecule has 0 saturated carbocycles. The van der Waals surface area contributed by atoms with E-state index in [1.54, 1.807) is 0 Å². The number of aromatic nitrogens is 1. The summed E-state index contributed by atoms with van der Waals surface area (Å²) in [6.07, 6.45) is 6.27. The predicted octanol–water partition coefficient (Wildman–Crippen LogP) is 3.16. The topological polar surface area (TPSA) is 27.8 Å². The Bertz CT molecular complexity index is 485. The number of likely N-dealkylation sites (N-methyl/N-ethyl adjacent to an activating group) is 1. The molecule has 0 aliphatic carbocycles. The molecular weight excluding hydrogens is 252 g/mol. The molecule has 2 N–H and O–H groups in total. The highest BCUT2D eigenvalue weighted by Crippen LogP contribution is 2.23. The Morgan fingerprint density at radius 1 is 1.47 bits per heavy atom. The largest absolute Gasteiger partial charge is 0.361 e. The summed E-state index contributed by atoms with van der Waals surface area (Å²) < 4.78 is 1.11. The van der Waals surface area contributed by atoms with Gasteiger partial charge in [-0.15, -0.1) is 0 Å². The standard InChI is InChI=1S/C12H13BrN2/c1-14-6-2-3-9-8-15-12-5-4-10(13)7-11(9)12/h2-5,7-8,14-15H,6H2,1H3. The van der Waals surface area contributed by atoms with Gasteiger partial charge in [-0.2, -0.15) is 0 Å². The van der Waals surface area contributed by atoms with Crippen molar-refractivity contribution in [1.82, 2.24) is 10.3 Å². The molecule has 0 spiro atoms. The zero-order chi connectivity index (χ0) is 10.7. The Labute approximate surface area is 97.5 Å². The second-order valence-electron chi connectivity index (χ2n) is 3.39. The SMILES string of the molecule is CNCC=Cc1c[nH]c2ccc(Br)cc12. The molecule has 3 heteroatoms. The molecule has 0 amide bonds. The quantitative estimate of drug-likeness (QED) is 0.876. The maximum Gasteiger partial charge on any atom is 0.0460 e. The smallest absolute Gasteiger partial charge is 0.0460 e. The van der Waals surface area contributed by atoms with Crippen LogP contribution in [0.5, 0.6) is 0 Å². The molecule has 0 fully saturated rings. The van der Waals surface area contributed by atoms with E-state index in [1.165, 1.54) is 16.5 Å². The third-order valence-corrected chi connectivity index (χ3v) is 2.79. The Morgan fingerprint density at radius 2 is 2.33 bits per heavy atom. The normalized spacial score (nSPS) is 11.6. The van der Waals surface area contributed by atoms with E-state index in [0.717, 1.165) is 11.0 Å². The lowest BCUT2D eigenvalue weighted by Gasteiger charge is -1.94. The van der Waals surface area contributed by atoms with E-state index in [9.17, 15) is 0 Å². The summed E-state index contributed by atoms with van der Waals surface area (Å²) in [5, 5.41) is 4.33. The van der Waals surface area contributed by atoms with E-state index in [-0.39, 0.29) is 0 Å². The first-order valence-electron chi connectivity index (χ1n) is 4.89. The van der Waals surface area contributed by atoms with Gasteiger partial charge in [-0.3, -0.25) is 0 Å². The summed E-state index contributed by atoms with van der Waals surface area (Å²) in [6, 6.07) is 6.25. The Kier molecular flexibility index (Phi) is 3.23. The molecular formula is C12H13BrN2. The van der Waals surface area contributed by atoms with Crippen LogP contribution >= 0.6 is 15.9 Å². The summed E-state index contributed by atoms with van der Waals surface area (Å²) in [4.78, 5) is 3.25. The van der Waals surface area contributed by atoms with E-state index in [4.69, 9.17) is 0 Å². The van der Waals surface area contributed by atoms with Gasteiger partial charge >= 0.3 is 0 Å². The fourth-order valence-corrected chi connectivity index (χ4v) is 1.92. The summed E-state index contributed by atoms with van der Waals surface area (Å²) in [5.74, 6) is 0. The number of hydrogen-bond donors (Lipinski definition) is 2. The fourth-order valence-electron chi connectivity index (χ4n) is 1.56. The molecule has 15 heavy (non-hydrogen) atoms. The Morgan fingerprint density at radius 3 is 3.13 bits per heavy atom. The number of hydrogen-bond acceptors (Lipinski definition) is 1. The van der Waals surface area contributed by atoms with Gasteiger partial charge in [-0.05, 0) is 30.8 Å². The van der Waals surface area contributed by atoms with Gasteiger partial charge in [0, 0.05) is 28.1 Å². The molecule has 0 unspecified atom stereocenters. The van der Waals surface area contributed by atoms with Crippen molar-refractivity contribution in [2.45, 2.75) is 0 Å². The van der Waals surface area contributed by atoms with Gasteiger partial charge in [0.25, 0.3) is 0 Å². The molecule has 78 valence electrons. The number of nitrogens with one attached hydrogen (secondary N) is 2. The first-order valence-corrected chi connectivity index (χ1v) is 5.68. The highest BCUT2D eigenvalue weighted by molar-refractivity contribution is 9.10. The Balaban J connectivity index is 2.39. The van der Waals surface area contributed by atoms with Crippen molar-refractivity contribution in [2.24, 2.45) is 0 Å². The molecule has 2 rings (SSSR count). The van der Waals surface area contributed by atoms with Crippen molar-refractivity contribution in [2.75, 3.05) is 13.6 Å². The molecule has 2 aromatic rings. The Hall–Kier alpha value is -1.06. The lowest BCUT2D eigenvalue weighted by molar-refractivity contribution is 0.922. The number of H-pyrrole nitrogens is 1. The highest BCUT2D eigenvalue weighted by atomic mass is 79.9. The van der Waals surface area contributed by atoms with Crippen molar-refractivity contribution in [1.29, 1.82) is 0 Å². The monoisotopic (exact) mass is 264 g/mol. The van der Waals surface area contributed by atoms with Crippen molar-refractivity contribution >= 4 is 32.9 Å². The van der Waals surface area contributed by atoms with Crippen molar-refractivity contribution in [3.63, 3.8) is 0 Å². The first-order chi connectivity index (χ1) is 7.31. The molecule has 1 aromatic carbocycles. The number of halogens is 1. The third kappa shape index (κ3) is 2.30. The minimum Gasteiger partial charge on any atom is -0.361 e. The molecule has 0 radical (unpaired) electrons. The first kappa shape index (κ1) is 10.5. The lowest BCUT2D eigenvalue weighted by Crippen LogP contribution is -2.03. The van der Waals surface area contributed by atoms with Crippen LogP contribution in [-0.4, -0.2) is 18.6 Å². The molecule has 1 heterocycles. The zero-order valence-electron chi connectivity index (χ0n) is 8.55. The summed E-state index contributed by atoms with van der Waals surface area (Å²) >= 11 is 3.48. The zero-order valence-corrected chi connectivity index (χ0v) is 10.1. The second-order valence-corrected chi connectivity index (χ2v) is 4.31. The molecule has 1 aromatic heterocycles. The van der Waals surface area contributed by atoms with Gasteiger partial charge in [-0.1, -0.05) is 28.1 Å². The highest BCUT2D eigenvalue weighted by Gasteiger charge is 2.00. The van der Waals surface area contributed by atoms with E-state index in [1.807, 2.05) is 19.3 Å². The van der Waals surface area contributed by atoms with Gasteiger partial charge in [-0.25, -0.2) is 0 Å². The van der Waals surface area contributed by atoms with Gasteiger partial charge in [0.2, 0.25) is 0 Å².